The molecule has 2 rings (SSSR count). The van der Waals surface area contributed by atoms with E-state index in [2.05, 4.69) is 6.92 Å². The Morgan fingerprint density at radius 1 is 1.37 bits per heavy atom. The molecular weight excluding hydrogens is 242 g/mol. The second kappa shape index (κ2) is 6.57. The van der Waals surface area contributed by atoms with Gasteiger partial charge in [-0.05, 0) is 37.8 Å². The highest BCUT2D eigenvalue weighted by Gasteiger charge is 2.34. The molecular formula is C15H21NO3. The van der Waals surface area contributed by atoms with E-state index in [1.807, 2.05) is 18.2 Å². The van der Waals surface area contributed by atoms with Gasteiger partial charge in [-0.1, -0.05) is 18.2 Å². The van der Waals surface area contributed by atoms with E-state index >= 15 is 0 Å². The topological polar surface area (TPSA) is 38.8 Å². The van der Waals surface area contributed by atoms with Gasteiger partial charge >= 0.3 is 6.09 Å². The van der Waals surface area contributed by atoms with Crippen LogP contribution in [0.5, 0.6) is 5.75 Å². The van der Waals surface area contributed by atoms with Crippen LogP contribution in [0.1, 0.15) is 19.8 Å². The average Bonchev–Trinajstić information content (AvgIpc) is 3.24. The summed E-state index contributed by atoms with van der Waals surface area (Å²) < 4.78 is 10.5. The third-order valence-electron chi connectivity index (χ3n) is 3.52. The van der Waals surface area contributed by atoms with Crippen LogP contribution in [-0.4, -0.2) is 37.3 Å². The number of methoxy groups -OCH3 is 1. The van der Waals surface area contributed by atoms with Crippen LogP contribution in [0.3, 0.4) is 0 Å². The maximum atomic E-state index is 12.2. The Balaban J connectivity index is 1.98. The standard InChI is InChI=1S/C15H21NO3/c1-12(13-8-9-13)16(10-11-18-2)15(17)19-14-6-4-3-5-7-14/h3-7,12-13H,8-11H2,1-2H3. The Labute approximate surface area is 114 Å². The van der Waals surface area contributed by atoms with Crippen LogP contribution in [0.2, 0.25) is 0 Å². The summed E-state index contributed by atoms with van der Waals surface area (Å²) in [6.07, 6.45) is 2.11. The minimum Gasteiger partial charge on any atom is -0.410 e. The summed E-state index contributed by atoms with van der Waals surface area (Å²) in [5, 5.41) is 0. The molecule has 1 aliphatic rings. The second-order valence-electron chi connectivity index (χ2n) is 4.95. The van der Waals surface area contributed by atoms with Crippen molar-refractivity contribution in [2.45, 2.75) is 25.8 Å². The van der Waals surface area contributed by atoms with E-state index in [1.165, 1.54) is 12.8 Å². The van der Waals surface area contributed by atoms with E-state index in [9.17, 15) is 4.79 Å². The van der Waals surface area contributed by atoms with Crippen LogP contribution in [0.25, 0.3) is 0 Å². The van der Waals surface area contributed by atoms with Crippen molar-refractivity contribution in [3.8, 4) is 5.75 Å². The zero-order valence-corrected chi connectivity index (χ0v) is 11.5. The predicted octanol–water partition coefficient (Wildman–Crippen LogP) is 2.93. The number of hydrogen-bond donors (Lipinski definition) is 0. The van der Waals surface area contributed by atoms with Gasteiger partial charge in [0.2, 0.25) is 0 Å². The van der Waals surface area contributed by atoms with E-state index < -0.39 is 0 Å². The molecule has 1 aromatic carbocycles. The summed E-state index contributed by atoms with van der Waals surface area (Å²) >= 11 is 0. The van der Waals surface area contributed by atoms with Crippen LogP contribution in [0.15, 0.2) is 30.3 Å². The molecule has 19 heavy (non-hydrogen) atoms. The van der Waals surface area contributed by atoms with Gasteiger partial charge in [-0.25, -0.2) is 4.79 Å². The zero-order valence-electron chi connectivity index (χ0n) is 11.5. The Hall–Kier alpha value is -1.55. The molecule has 1 saturated carbocycles. The molecule has 104 valence electrons. The first kappa shape index (κ1) is 13.9. The van der Waals surface area contributed by atoms with Crippen molar-refractivity contribution in [1.82, 2.24) is 4.90 Å². The number of carbonyl (C=O) groups excluding carboxylic acids is 1. The van der Waals surface area contributed by atoms with Gasteiger partial charge in [0.05, 0.1) is 6.61 Å². The maximum Gasteiger partial charge on any atom is 0.415 e. The molecule has 0 spiro atoms. The second-order valence-corrected chi connectivity index (χ2v) is 4.95. The lowest BCUT2D eigenvalue weighted by atomic mass is 10.2. The first-order valence-electron chi connectivity index (χ1n) is 6.75. The summed E-state index contributed by atoms with van der Waals surface area (Å²) in [4.78, 5) is 14.0. The number of benzene rings is 1. The van der Waals surface area contributed by atoms with E-state index in [-0.39, 0.29) is 12.1 Å². The van der Waals surface area contributed by atoms with Crippen molar-refractivity contribution in [1.29, 1.82) is 0 Å². The van der Waals surface area contributed by atoms with E-state index in [4.69, 9.17) is 9.47 Å². The SMILES string of the molecule is COCCN(C(=O)Oc1ccccc1)C(C)C1CC1. The number of ether oxygens (including phenoxy) is 2. The van der Waals surface area contributed by atoms with Gasteiger partial charge in [0.15, 0.2) is 0 Å². The first-order chi connectivity index (χ1) is 9.22. The third kappa shape index (κ3) is 3.96. The van der Waals surface area contributed by atoms with E-state index in [0.717, 1.165) is 0 Å². The molecule has 1 aromatic rings. The van der Waals surface area contributed by atoms with E-state index in [0.29, 0.717) is 24.8 Å². The monoisotopic (exact) mass is 263 g/mol. The van der Waals surface area contributed by atoms with Crippen LogP contribution in [-0.2, 0) is 4.74 Å². The van der Waals surface area contributed by atoms with Gasteiger partial charge in [0.1, 0.15) is 5.75 Å². The molecule has 0 saturated heterocycles. The molecule has 1 atom stereocenters. The Kier molecular flexibility index (Phi) is 4.80. The minimum atomic E-state index is -0.289. The Morgan fingerprint density at radius 3 is 2.63 bits per heavy atom. The van der Waals surface area contributed by atoms with Crippen LogP contribution >= 0.6 is 0 Å². The third-order valence-corrected chi connectivity index (χ3v) is 3.52. The molecule has 1 fully saturated rings. The van der Waals surface area contributed by atoms with Gasteiger partial charge in [-0.15, -0.1) is 0 Å². The fourth-order valence-corrected chi connectivity index (χ4v) is 2.13. The van der Waals surface area contributed by atoms with Crippen molar-refractivity contribution in [3.05, 3.63) is 30.3 Å². The summed E-state index contributed by atoms with van der Waals surface area (Å²) in [5.74, 6) is 1.19. The molecule has 4 nitrogen and oxygen atoms in total. The highest BCUT2D eigenvalue weighted by Crippen LogP contribution is 2.35. The first-order valence-corrected chi connectivity index (χ1v) is 6.75. The van der Waals surface area contributed by atoms with Gasteiger partial charge in [0.25, 0.3) is 0 Å². The summed E-state index contributed by atoms with van der Waals surface area (Å²) in [5.41, 5.74) is 0. The van der Waals surface area contributed by atoms with E-state index in [1.54, 1.807) is 24.1 Å². The van der Waals surface area contributed by atoms with Gasteiger partial charge < -0.3 is 14.4 Å². The van der Waals surface area contributed by atoms with Crippen molar-refractivity contribution in [3.63, 3.8) is 0 Å². The molecule has 0 heterocycles. The lowest BCUT2D eigenvalue weighted by Crippen LogP contribution is -2.43. The number of carbonyl (C=O) groups is 1. The number of nitrogens with zero attached hydrogens (tertiary/aromatic N) is 1. The molecule has 0 bridgehead atoms. The highest BCUT2D eigenvalue weighted by atomic mass is 16.6. The van der Waals surface area contributed by atoms with Gasteiger partial charge in [0, 0.05) is 19.7 Å². The summed E-state index contributed by atoms with van der Waals surface area (Å²) in [6.45, 7) is 3.18. The lowest BCUT2D eigenvalue weighted by Gasteiger charge is -2.28. The number of amides is 1. The van der Waals surface area contributed by atoms with Crippen LogP contribution in [0.4, 0.5) is 4.79 Å². The predicted molar refractivity (Wildman–Crippen MR) is 73.2 cm³/mol. The molecule has 0 radical (unpaired) electrons. The lowest BCUT2D eigenvalue weighted by molar-refractivity contribution is 0.101. The molecule has 0 aromatic heterocycles. The average molecular weight is 263 g/mol. The van der Waals surface area contributed by atoms with Crippen LogP contribution in [0, 0.1) is 5.92 Å². The fourth-order valence-electron chi connectivity index (χ4n) is 2.13. The van der Waals surface area contributed by atoms with Crippen molar-refractivity contribution < 1.29 is 14.3 Å². The zero-order chi connectivity index (χ0) is 13.7. The molecule has 1 unspecified atom stereocenters. The minimum absolute atomic E-state index is 0.214. The smallest absolute Gasteiger partial charge is 0.410 e. The number of rotatable bonds is 6. The summed E-state index contributed by atoms with van der Waals surface area (Å²) in [6, 6.07) is 9.39. The van der Waals surface area contributed by atoms with Crippen molar-refractivity contribution in [2.75, 3.05) is 20.3 Å². The molecule has 4 heteroatoms. The van der Waals surface area contributed by atoms with Crippen LogP contribution < -0.4 is 4.74 Å². The number of para-hydroxylation sites is 1. The van der Waals surface area contributed by atoms with Gasteiger partial charge in [-0.3, -0.25) is 0 Å². The highest BCUT2D eigenvalue weighted by molar-refractivity contribution is 5.71. The molecule has 1 amide bonds. The normalized spacial score (nSPS) is 15.9. The van der Waals surface area contributed by atoms with Crippen molar-refractivity contribution in [2.24, 2.45) is 5.92 Å². The summed E-state index contributed by atoms with van der Waals surface area (Å²) in [7, 11) is 1.64. The Bertz CT molecular complexity index is 403. The largest absolute Gasteiger partial charge is 0.415 e. The Morgan fingerprint density at radius 2 is 2.05 bits per heavy atom. The molecule has 0 aliphatic heterocycles. The molecule has 1 aliphatic carbocycles. The fraction of sp³-hybridized carbons (Fsp3) is 0.533. The quantitative estimate of drug-likeness (QED) is 0.792. The van der Waals surface area contributed by atoms with Crippen molar-refractivity contribution >= 4 is 6.09 Å². The molecule has 0 N–H and O–H groups in total. The van der Waals surface area contributed by atoms with Gasteiger partial charge in [-0.2, -0.15) is 0 Å². The maximum absolute atomic E-state index is 12.2. The number of hydrogen-bond acceptors (Lipinski definition) is 3.